The second-order valence-electron chi connectivity index (χ2n) is 8.03. The third kappa shape index (κ3) is 9.09. The van der Waals surface area contributed by atoms with Gasteiger partial charge in [-0.05, 0) is 53.1 Å². The molecule has 4 heteroatoms. The quantitative estimate of drug-likeness (QED) is 0.662. The predicted molar refractivity (Wildman–Crippen MR) is 95.5 cm³/mol. The third-order valence-electron chi connectivity index (χ3n) is 4.50. The smallest absolute Gasteiger partial charge is 0.0597 e. The van der Waals surface area contributed by atoms with E-state index in [-0.39, 0.29) is 5.54 Å². The van der Waals surface area contributed by atoms with E-state index < -0.39 is 0 Å². The van der Waals surface area contributed by atoms with Crippen LogP contribution in [0.15, 0.2) is 0 Å². The highest BCUT2D eigenvalue weighted by Crippen LogP contribution is 2.07. The van der Waals surface area contributed by atoms with Gasteiger partial charge >= 0.3 is 0 Å². The number of ether oxygens (including phenoxy) is 1. The molecule has 0 aromatic heterocycles. The summed E-state index contributed by atoms with van der Waals surface area (Å²) < 4.78 is 5.88. The molecule has 0 spiro atoms. The van der Waals surface area contributed by atoms with Crippen LogP contribution in [0.2, 0.25) is 0 Å². The molecule has 1 saturated heterocycles. The molecule has 1 fully saturated rings. The second-order valence-corrected chi connectivity index (χ2v) is 8.03. The summed E-state index contributed by atoms with van der Waals surface area (Å²) in [5.74, 6) is 0.610. The maximum Gasteiger partial charge on any atom is 0.0597 e. The zero-order chi connectivity index (χ0) is 16.6. The molecule has 0 amide bonds. The first kappa shape index (κ1) is 19.9. The Morgan fingerprint density at radius 2 is 1.50 bits per heavy atom. The van der Waals surface area contributed by atoms with Crippen LogP contribution in [0.1, 0.15) is 48.0 Å². The molecule has 1 aliphatic heterocycles. The summed E-state index contributed by atoms with van der Waals surface area (Å²) in [4.78, 5) is 5.13. The van der Waals surface area contributed by atoms with E-state index in [1.165, 1.54) is 39.1 Å². The SMILES string of the molecule is CC(C)[C@H](C)OCCN1CCN(CCCNC(C)(C)C)CC1. The summed E-state index contributed by atoms with van der Waals surface area (Å²) in [7, 11) is 0. The molecular weight excluding hydrogens is 274 g/mol. The van der Waals surface area contributed by atoms with Gasteiger partial charge in [0.25, 0.3) is 0 Å². The average molecular weight is 314 g/mol. The number of hydrogen-bond acceptors (Lipinski definition) is 4. The molecule has 0 unspecified atom stereocenters. The number of nitrogens with zero attached hydrogens (tertiary/aromatic N) is 2. The fraction of sp³-hybridized carbons (Fsp3) is 1.00. The Bertz CT molecular complexity index is 281. The third-order valence-corrected chi connectivity index (χ3v) is 4.50. The first-order chi connectivity index (χ1) is 10.3. The van der Waals surface area contributed by atoms with Crippen LogP contribution in [0.3, 0.4) is 0 Å². The van der Waals surface area contributed by atoms with Crippen LogP contribution in [0.25, 0.3) is 0 Å². The van der Waals surface area contributed by atoms with E-state index in [4.69, 9.17) is 4.74 Å². The Labute approximate surface area is 138 Å². The molecular formula is C18H39N3O. The summed E-state index contributed by atoms with van der Waals surface area (Å²) in [6.07, 6.45) is 1.61. The molecule has 1 atom stereocenters. The highest BCUT2D eigenvalue weighted by atomic mass is 16.5. The Morgan fingerprint density at radius 1 is 0.955 bits per heavy atom. The number of piperazine rings is 1. The van der Waals surface area contributed by atoms with Crippen molar-refractivity contribution in [1.29, 1.82) is 0 Å². The van der Waals surface area contributed by atoms with E-state index in [9.17, 15) is 0 Å². The van der Waals surface area contributed by atoms with Crippen molar-refractivity contribution < 1.29 is 4.74 Å². The molecule has 1 N–H and O–H groups in total. The second kappa shape index (κ2) is 9.86. The van der Waals surface area contributed by atoms with Gasteiger partial charge in [0.05, 0.1) is 12.7 Å². The molecule has 0 bridgehead atoms. The minimum atomic E-state index is 0.242. The van der Waals surface area contributed by atoms with Gasteiger partial charge in [-0.3, -0.25) is 4.90 Å². The Kier molecular flexibility index (Phi) is 8.91. The van der Waals surface area contributed by atoms with Gasteiger partial charge in [-0.15, -0.1) is 0 Å². The van der Waals surface area contributed by atoms with Gasteiger partial charge in [0.1, 0.15) is 0 Å². The van der Waals surface area contributed by atoms with Crippen molar-refractivity contribution in [2.75, 3.05) is 52.4 Å². The highest BCUT2D eigenvalue weighted by molar-refractivity contribution is 4.74. The largest absolute Gasteiger partial charge is 0.377 e. The summed E-state index contributed by atoms with van der Waals surface area (Å²) in [6, 6.07) is 0. The zero-order valence-electron chi connectivity index (χ0n) is 15.8. The van der Waals surface area contributed by atoms with E-state index in [2.05, 4.69) is 56.7 Å². The van der Waals surface area contributed by atoms with Crippen molar-refractivity contribution in [2.24, 2.45) is 5.92 Å². The van der Waals surface area contributed by atoms with Gasteiger partial charge in [-0.1, -0.05) is 13.8 Å². The fourth-order valence-corrected chi connectivity index (χ4v) is 2.56. The summed E-state index contributed by atoms with van der Waals surface area (Å²) >= 11 is 0. The van der Waals surface area contributed by atoms with Crippen LogP contribution in [-0.4, -0.2) is 73.9 Å². The highest BCUT2D eigenvalue weighted by Gasteiger charge is 2.17. The molecule has 0 aromatic carbocycles. The van der Waals surface area contributed by atoms with Gasteiger partial charge in [-0.2, -0.15) is 0 Å². The molecule has 0 aromatic rings. The minimum Gasteiger partial charge on any atom is -0.377 e. The normalized spacial score (nSPS) is 19.8. The van der Waals surface area contributed by atoms with Crippen LogP contribution in [0.5, 0.6) is 0 Å². The van der Waals surface area contributed by atoms with Crippen molar-refractivity contribution in [2.45, 2.75) is 59.6 Å². The van der Waals surface area contributed by atoms with Crippen LogP contribution in [-0.2, 0) is 4.74 Å². The van der Waals surface area contributed by atoms with E-state index >= 15 is 0 Å². The standard InChI is InChI=1S/C18H39N3O/c1-16(2)17(3)22-15-14-21-12-10-20(11-13-21)9-7-8-19-18(4,5)6/h16-17,19H,7-15H2,1-6H3/t17-/m0/s1. The van der Waals surface area contributed by atoms with E-state index in [0.29, 0.717) is 12.0 Å². The number of hydrogen-bond donors (Lipinski definition) is 1. The lowest BCUT2D eigenvalue weighted by molar-refractivity contribution is 0.0144. The molecule has 1 heterocycles. The van der Waals surface area contributed by atoms with Crippen LogP contribution in [0.4, 0.5) is 0 Å². The molecule has 132 valence electrons. The maximum atomic E-state index is 5.88. The number of nitrogens with one attached hydrogen (secondary N) is 1. The zero-order valence-corrected chi connectivity index (χ0v) is 15.8. The first-order valence-electron chi connectivity index (χ1n) is 9.09. The van der Waals surface area contributed by atoms with E-state index in [0.717, 1.165) is 19.7 Å². The molecule has 1 rings (SSSR count). The maximum absolute atomic E-state index is 5.88. The van der Waals surface area contributed by atoms with Crippen LogP contribution in [0, 0.1) is 5.92 Å². The average Bonchev–Trinajstić information content (AvgIpc) is 2.44. The molecule has 22 heavy (non-hydrogen) atoms. The summed E-state index contributed by atoms with van der Waals surface area (Å²) in [6.45, 7) is 22.4. The summed E-state index contributed by atoms with van der Waals surface area (Å²) in [5, 5.41) is 3.56. The predicted octanol–water partition coefficient (Wildman–Crippen LogP) is 2.44. The van der Waals surface area contributed by atoms with Gasteiger partial charge in [0.15, 0.2) is 0 Å². The Hall–Kier alpha value is -0.160. The van der Waals surface area contributed by atoms with Crippen LogP contribution >= 0.6 is 0 Å². The molecule has 4 nitrogen and oxygen atoms in total. The van der Waals surface area contributed by atoms with Crippen molar-refractivity contribution in [3.8, 4) is 0 Å². The molecule has 0 saturated carbocycles. The summed E-state index contributed by atoms with van der Waals surface area (Å²) in [5.41, 5.74) is 0.242. The van der Waals surface area contributed by atoms with Crippen molar-refractivity contribution in [1.82, 2.24) is 15.1 Å². The lowest BCUT2D eigenvalue weighted by Crippen LogP contribution is -2.48. The van der Waals surface area contributed by atoms with Gasteiger partial charge in [0, 0.05) is 38.3 Å². The monoisotopic (exact) mass is 313 g/mol. The van der Waals surface area contributed by atoms with Gasteiger partial charge in [0.2, 0.25) is 0 Å². The van der Waals surface area contributed by atoms with Crippen molar-refractivity contribution in [3.05, 3.63) is 0 Å². The molecule has 1 aliphatic rings. The fourth-order valence-electron chi connectivity index (χ4n) is 2.56. The Morgan fingerprint density at radius 3 is 2.00 bits per heavy atom. The lowest BCUT2D eigenvalue weighted by atomic mass is 10.1. The first-order valence-corrected chi connectivity index (χ1v) is 9.09. The Balaban J connectivity index is 2.03. The topological polar surface area (TPSA) is 27.7 Å². The lowest BCUT2D eigenvalue weighted by Gasteiger charge is -2.35. The van der Waals surface area contributed by atoms with E-state index in [1.54, 1.807) is 0 Å². The van der Waals surface area contributed by atoms with Crippen molar-refractivity contribution >= 4 is 0 Å². The van der Waals surface area contributed by atoms with E-state index in [1.807, 2.05) is 0 Å². The molecule has 0 aliphatic carbocycles. The van der Waals surface area contributed by atoms with Gasteiger partial charge < -0.3 is 15.0 Å². The van der Waals surface area contributed by atoms with Crippen LogP contribution < -0.4 is 5.32 Å². The number of rotatable bonds is 9. The minimum absolute atomic E-state index is 0.242. The van der Waals surface area contributed by atoms with Gasteiger partial charge in [-0.25, -0.2) is 0 Å². The molecule has 0 radical (unpaired) electrons. The van der Waals surface area contributed by atoms with Crippen molar-refractivity contribution in [3.63, 3.8) is 0 Å².